The van der Waals surface area contributed by atoms with Gasteiger partial charge in [0.25, 0.3) is 0 Å². The fourth-order valence-corrected chi connectivity index (χ4v) is 4.17. The second kappa shape index (κ2) is 11.6. The Balaban J connectivity index is 1.30. The number of aromatic nitrogens is 2. The topological polar surface area (TPSA) is 66.7 Å². The molecule has 2 aromatic carbocycles. The molecule has 0 spiro atoms. The van der Waals surface area contributed by atoms with E-state index < -0.39 is 0 Å². The molecule has 1 aliphatic heterocycles. The summed E-state index contributed by atoms with van der Waals surface area (Å²) in [7, 11) is 1.81. The van der Waals surface area contributed by atoms with Crippen molar-refractivity contribution in [3.8, 4) is 0 Å². The minimum absolute atomic E-state index is 0.308. The third-order valence-electron chi connectivity index (χ3n) is 5.86. The van der Waals surface area contributed by atoms with E-state index in [2.05, 4.69) is 81.1 Å². The summed E-state index contributed by atoms with van der Waals surface area (Å²) < 4.78 is 7.60. The first-order chi connectivity index (χ1) is 16.2. The Bertz CT molecular complexity index is 1030. The van der Waals surface area contributed by atoms with Crippen molar-refractivity contribution in [1.29, 1.82) is 0 Å². The Morgan fingerprint density at radius 1 is 1.03 bits per heavy atom. The van der Waals surface area contributed by atoms with Gasteiger partial charge in [-0.1, -0.05) is 48.5 Å². The number of rotatable bonds is 8. The first-order valence-corrected chi connectivity index (χ1v) is 11.6. The van der Waals surface area contributed by atoms with Gasteiger partial charge in [0.05, 0.1) is 19.3 Å². The van der Waals surface area contributed by atoms with Crippen LogP contribution in [0.15, 0.2) is 72.0 Å². The van der Waals surface area contributed by atoms with E-state index in [4.69, 9.17) is 4.74 Å². The van der Waals surface area contributed by atoms with E-state index in [1.165, 1.54) is 22.3 Å². The summed E-state index contributed by atoms with van der Waals surface area (Å²) in [5, 5.41) is 11.2. The Hall–Kier alpha value is -3.16. The van der Waals surface area contributed by atoms with E-state index in [9.17, 15) is 0 Å². The van der Waals surface area contributed by atoms with Gasteiger partial charge >= 0.3 is 0 Å². The highest BCUT2D eigenvalue weighted by Crippen LogP contribution is 2.13. The maximum atomic E-state index is 5.66. The fourth-order valence-electron chi connectivity index (χ4n) is 4.17. The molecular formula is C26H34N6O. The van der Waals surface area contributed by atoms with Crippen LogP contribution in [0.5, 0.6) is 0 Å². The lowest BCUT2D eigenvalue weighted by Gasteiger charge is -2.31. The summed E-state index contributed by atoms with van der Waals surface area (Å²) in [5.41, 5.74) is 5.06. The molecule has 1 aromatic heterocycles. The van der Waals surface area contributed by atoms with Crippen molar-refractivity contribution in [3.05, 3.63) is 89.2 Å². The first kappa shape index (κ1) is 23.0. The molecule has 3 aromatic rings. The van der Waals surface area contributed by atoms with Gasteiger partial charge in [-0.15, -0.1) is 0 Å². The average molecular weight is 447 g/mol. The number of ether oxygens (including phenoxy) is 1. The van der Waals surface area contributed by atoms with E-state index in [1.807, 2.05) is 23.1 Å². The predicted molar refractivity (Wildman–Crippen MR) is 132 cm³/mol. The molecule has 0 saturated carbocycles. The van der Waals surface area contributed by atoms with E-state index in [1.54, 1.807) is 7.05 Å². The summed E-state index contributed by atoms with van der Waals surface area (Å²) in [6.07, 6.45) is 4.10. The number of nitrogens with one attached hydrogen (secondary N) is 2. The summed E-state index contributed by atoms with van der Waals surface area (Å²) in [4.78, 5) is 6.86. The highest BCUT2D eigenvalue weighted by molar-refractivity contribution is 5.79. The van der Waals surface area contributed by atoms with Gasteiger partial charge in [0.2, 0.25) is 0 Å². The molecule has 33 heavy (non-hydrogen) atoms. The molecule has 1 atom stereocenters. The van der Waals surface area contributed by atoms with Gasteiger partial charge in [0, 0.05) is 52.2 Å². The van der Waals surface area contributed by atoms with Crippen molar-refractivity contribution in [2.24, 2.45) is 4.99 Å². The van der Waals surface area contributed by atoms with Crippen LogP contribution in [0.2, 0.25) is 0 Å². The Morgan fingerprint density at radius 2 is 1.85 bits per heavy atom. The molecule has 7 heteroatoms. The summed E-state index contributed by atoms with van der Waals surface area (Å²) in [6.45, 7) is 8.07. The summed E-state index contributed by atoms with van der Waals surface area (Å²) >= 11 is 0. The first-order valence-electron chi connectivity index (χ1n) is 11.6. The molecule has 0 radical (unpaired) electrons. The quantitative estimate of drug-likeness (QED) is 0.411. The molecule has 1 saturated heterocycles. The molecule has 2 heterocycles. The SMILES string of the molecule is CN=C(NCc1cccc(CN2CCOC(C)C2)c1)NCc1ccccc1Cn1cccn1. The minimum atomic E-state index is 0.308. The molecule has 0 aliphatic carbocycles. The highest BCUT2D eigenvalue weighted by Gasteiger charge is 2.16. The van der Waals surface area contributed by atoms with Crippen LogP contribution in [0.25, 0.3) is 0 Å². The van der Waals surface area contributed by atoms with Gasteiger partial charge in [0.1, 0.15) is 0 Å². The lowest BCUT2D eigenvalue weighted by molar-refractivity contribution is -0.0212. The number of benzene rings is 2. The normalized spacial score (nSPS) is 17.2. The van der Waals surface area contributed by atoms with Crippen molar-refractivity contribution < 1.29 is 4.74 Å². The van der Waals surface area contributed by atoms with Gasteiger partial charge in [-0.25, -0.2) is 0 Å². The van der Waals surface area contributed by atoms with Gasteiger partial charge in [0.15, 0.2) is 5.96 Å². The van der Waals surface area contributed by atoms with Crippen LogP contribution in [-0.2, 0) is 30.9 Å². The molecule has 2 N–H and O–H groups in total. The zero-order valence-electron chi connectivity index (χ0n) is 19.6. The number of hydrogen-bond donors (Lipinski definition) is 2. The smallest absolute Gasteiger partial charge is 0.191 e. The molecule has 4 rings (SSSR count). The van der Waals surface area contributed by atoms with Gasteiger partial charge < -0.3 is 15.4 Å². The molecule has 1 aliphatic rings. The van der Waals surface area contributed by atoms with Crippen LogP contribution in [0.3, 0.4) is 0 Å². The molecule has 174 valence electrons. The molecule has 1 unspecified atom stereocenters. The molecule has 0 bridgehead atoms. The Kier molecular flexibility index (Phi) is 8.11. The maximum Gasteiger partial charge on any atom is 0.191 e. The van der Waals surface area contributed by atoms with Crippen LogP contribution in [-0.4, -0.2) is 53.5 Å². The van der Waals surface area contributed by atoms with Gasteiger partial charge in [-0.3, -0.25) is 14.6 Å². The van der Waals surface area contributed by atoms with Crippen molar-refractivity contribution in [2.75, 3.05) is 26.7 Å². The summed E-state index contributed by atoms with van der Waals surface area (Å²) in [5.74, 6) is 0.788. The fraction of sp³-hybridized carbons (Fsp3) is 0.385. The van der Waals surface area contributed by atoms with E-state index >= 15 is 0 Å². The van der Waals surface area contributed by atoms with Gasteiger partial charge in [-0.2, -0.15) is 5.10 Å². The zero-order chi connectivity index (χ0) is 22.9. The van der Waals surface area contributed by atoms with Crippen LogP contribution >= 0.6 is 0 Å². The molecule has 1 fully saturated rings. The van der Waals surface area contributed by atoms with Crippen molar-refractivity contribution in [2.45, 2.75) is 39.2 Å². The van der Waals surface area contributed by atoms with Crippen molar-refractivity contribution in [3.63, 3.8) is 0 Å². The number of hydrogen-bond acceptors (Lipinski definition) is 4. The third kappa shape index (κ3) is 6.91. The lowest BCUT2D eigenvalue weighted by Crippen LogP contribution is -2.40. The largest absolute Gasteiger partial charge is 0.376 e. The maximum absolute atomic E-state index is 5.66. The van der Waals surface area contributed by atoms with Crippen LogP contribution < -0.4 is 10.6 Å². The second-order valence-corrected chi connectivity index (χ2v) is 8.49. The lowest BCUT2D eigenvalue weighted by atomic mass is 10.1. The highest BCUT2D eigenvalue weighted by atomic mass is 16.5. The van der Waals surface area contributed by atoms with Crippen LogP contribution in [0.4, 0.5) is 0 Å². The minimum Gasteiger partial charge on any atom is -0.376 e. The van der Waals surface area contributed by atoms with Crippen molar-refractivity contribution >= 4 is 5.96 Å². The number of aliphatic imine (C=N–C) groups is 1. The zero-order valence-corrected chi connectivity index (χ0v) is 19.6. The summed E-state index contributed by atoms with van der Waals surface area (Å²) in [6, 6.07) is 19.2. The third-order valence-corrected chi connectivity index (χ3v) is 5.86. The second-order valence-electron chi connectivity index (χ2n) is 8.49. The predicted octanol–water partition coefficient (Wildman–Crippen LogP) is 3.02. The molecular weight excluding hydrogens is 412 g/mol. The number of nitrogens with zero attached hydrogens (tertiary/aromatic N) is 4. The van der Waals surface area contributed by atoms with Crippen LogP contribution in [0, 0.1) is 0 Å². The standard InChI is InChI=1S/C26H34N6O/c1-21-18-31(13-14-33-21)19-23-8-5-7-22(15-23)16-28-26(27-2)29-17-24-9-3-4-10-25(24)20-32-12-6-11-30-32/h3-12,15,21H,13-14,16-20H2,1-2H3,(H2,27,28,29). The number of morpholine rings is 1. The number of guanidine groups is 1. The van der Waals surface area contributed by atoms with E-state index in [0.29, 0.717) is 12.6 Å². The average Bonchev–Trinajstić information content (AvgIpc) is 3.34. The van der Waals surface area contributed by atoms with Gasteiger partial charge in [-0.05, 0) is 35.2 Å². The van der Waals surface area contributed by atoms with Crippen LogP contribution in [0.1, 0.15) is 29.2 Å². The van der Waals surface area contributed by atoms with E-state index in [-0.39, 0.29) is 0 Å². The van der Waals surface area contributed by atoms with E-state index in [0.717, 1.165) is 45.3 Å². The Labute approximate surface area is 196 Å². The Morgan fingerprint density at radius 3 is 2.64 bits per heavy atom. The molecule has 7 nitrogen and oxygen atoms in total. The van der Waals surface area contributed by atoms with Crippen molar-refractivity contribution in [1.82, 2.24) is 25.3 Å². The monoisotopic (exact) mass is 446 g/mol. The molecule has 0 amide bonds.